The van der Waals surface area contributed by atoms with E-state index in [1.54, 1.807) is 7.11 Å². The number of benzene rings is 1. The number of thioether (sulfide) groups is 1. The molecule has 7 heteroatoms. The molecule has 22 heavy (non-hydrogen) atoms. The largest absolute Gasteiger partial charge is 0.497 e. The summed E-state index contributed by atoms with van der Waals surface area (Å²) in [6.45, 7) is 3.45. The van der Waals surface area contributed by atoms with E-state index in [1.165, 1.54) is 17.8 Å². The Labute approximate surface area is 133 Å². The molecule has 0 heterocycles. The minimum absolute atomic E-state index is 0.0389. The minimum Gasteiger partial charge on any atom is -0.497 e. The Hall–Kier alpha value is -2.15. The lowest BCUT2D eigenvalue weighted by Crippen LogP contribution is -2.42. The highest BCUT2D eigenvalue weighted by atomic mass is 32.2. The van der Waals surface area contributed by atoms with E-state index in [9.17, 15) is 9.59 Å². The molecule has 120 valence electrons. The summed E-state index contributed by atoms with van der Waals surface area (Å²) in [5.74, 6) is 0.545. The minimum atomic E-state index is -1.10. The third-order valence-electron chi connectivity index (χ3n) is 2.63. The van der Waals surface area contributed by atoms with Crippen molar-refractivity contribution in [3.63, 3.8) is 0 Å². The topological polar surface area (TPSA) is 84.9 Å². The van der Waals surface area contributed by atoms with Crippen LogP contribution in [0.25, 0.3) is 0 Å². The monoisotopic (exact) mass is 325 g/mol. The molecule has 2 N–H and O–H groups in total. The lowest BCUT2D eigenvalue weighted by atomic mass is 10.2. The summed E-state index contributed by atoms with van der Waals surface area (Å²) in [6.07, 6.45) is 0.644. The number of ether oxygens (including phenoxy) is 2. The molecule has 0 aromatic heterocycles. The standard InChI is InChI=1S/C15H19NO5S/c1-3-8-21-15(19)16-13(14(17)18)10-22-9-11-4-6-12(20-2)7-5-11/h3-7,13H,1,8-10H2,2H3,(H,16,19)(H,17,18)/t13-/m0/s1. The first-order valence-corrected chi connectivity index (χ1v) is 7.70. The molecule has 0 radical (unpaired) electrons. The Morgan fingerprint density at radius 2 is 2.09 bits per heavy atom. The van der Waals surface area contributed by atoms with Gasteiger partial charge in [0.25, 0.3) is 0 Å². The third kappa shape index (κ3) is 6.53. The van der Waals surface area contributed by atoms with Crippen molar-refractivity contribution in [2.75, 3.05) is 19.5 Å². The Morgan fingerprint density at radius 3 is 2.64 bits per heavy atom. The first-order chi connectivity index (χ1) is 10.6. The van der Waals surface area contributed by atoms with Crippen LogP contribution >= 0.6 is 11.8 Å². The van der Waals surface area contributed by atoms with Gasteiger partial charge in [0.05, 0.1) is 7.11 Å². The zero-order valence-electron chi connectivity index (χ0n) is 12.3. The van der Waals surface area contributed by atoms with Gasteiger partial charge in [-0.2, -0.15) is 11.8 Å². The van der Waals surface area contributed by atoms with Gasteiger partial charge >= 0.3 is 12.1 Å². The second-order valence-electron chi connectivity index (χ2n) is 4.29. The normalized spacial score (nSPS) is 11.3. The highest BCUT2D eigenvalue weighted by Crippen LogP contribution is 2.17. The maximum Gasteiger partial charge on any atom is 0.408 e. The molecule has 0 unspecified atom stereocenters. The van der Waals surface area contributed by atoms with Crippen LogP contribution in [-0.4, -0.2) is 42.7 Å². The zero-order valence-corrected chi connectivity index (χ0v) is 13.1. The lowest BCUT2D eigenvalue weighted by molar-refractivity contribution is -0.138. The van der Waals surface area contributed by atoms with Crippen molar-refractivity contribution in [1.29, 1.82) is 0 Å². The molecule has 1 aromatic carbocycles. The number of carboxylic acids is 1. The molecule has 1 aromatic rings. The van der Waals surface area contributed by atoms with Gasteiger partial charge in [0.1, 0.15) is 18.4 Å². The summed E-state index contributed by atoms with van der Waals surface area (Å²) in [4.78, 5) is 22.5. The average molecular weight is 325 g/mol. The molecule has 0 bridgehead atoms. The summed E-state index contributed by atoms with van der Waals surface area (Å²) in [6, 6.07) is 6.51. The Balaban J connectivity index is 2.41. The van der Waals surface area contributed by atoms with Crippen molar-refractivity contribution in [2.24, 2.45) is 0 Å². The van der Waals surface area contributed by atoms with E-state index < -0.39 is 18.1 Å². The van der Waals surface area contributed by atoms with E-state index in [2.05, 4.69) is 11.9 Å². The first-order valence-electron chi connectivity index (χ1n) is 6.54. The molecule has 0 aliphatic rings. The number of nitrogens with one attached hydrogen (secondary N) is 1. The molecule has 0 saturated heterocycles. The fraction of sp³-hybridized carbons (Fsp3) is 0.333. The number of carbonyl (C=O) groups excluding carboxylic acids is 1. The van der Waals surface area contributed by atoms with Gasteiger partial charge in [-0.25, -0.2) is 9.59 Å². The number of aliphatic carboxylic acids is 1. The molecule has 1 rings (SSSR count). The van der Waals surface area contributed by atoms with Crippen LogP contribution in [0.4, 0.5) is 4.79 Å². The lowest BCUT2D eigenvalue weighted by Gasteiger charge is -2.14. The first kappa shape index (κ1) is 17.9. The molecule has 0 aliphatic heterocycles. The molecular weight excluding hydrogens is 306 g/mol. The van der Waals surface area contributed by atoms with Crippen molar-refractivity contribution in [2.45, 2.75) is 11.8 Å². The Bertz CT molecular complexity index is 503. The molecule has 6 nitrogen and oxygen atoms in total. The fourth-order valence-electron chi connectivity index (χ4n) is 1.51. The fourth-order valence-corrected chi connectivity index (χ4v) is 2.52. The Kier molecular flexibility index (Phi) is 7.91. The van der Waals surface area contributed by atoms with Crippen LogP contribution < -0.4 is 10.1 Å². The predicted molar refractivity (Wildman–Crippen MR) is 85.3 cm³/mol. The van der Waals surface area contributed by atoms with Gasteiger partial charge in [-0.1, -0.05) is 24.8 Å². The van der Waals surface area contributed by atoms with Gasteiger partial charge < -0.3 is 19.9 Å². The molecule has 1 atom stereocenters. The number of rotatable bonds is 9. The number of hydrogen-bond donors (Lipinski definition) is 2. The molecule has 0 spiro atoms. The van der Waals surface area contributed by atoms with E-state index in [0.717, 1.165) is 11.3 Å². The molecule has 0 aliphatic carbocycles. The van der Waals surface area contributed by atoms with Crippen molar-refractivity contribution in [3.8, 4) is 5.75 Å². The molecule has 0 fully saturated rings. The van der Waals surface area contributed by atoms with Crippen LogP contribution in [0.3, 0.4) is 0 Å². The third-order valence-corrected chi connectivity index (χ3v) is 3.74. The summed E-state index contributed by atoms with van der Waals surface area (Å²) in [5.41, 5.74) is 1.05. The number of carboxylic acid groups (broad SMARTS) is 1. The van der Waals surface area contributed by atoms with Gasteiger partial charge in [-0.15, -0.1) is 0 Å². The Morgan fingerprint density at radius 1 is 1.41 bits per heavy atom. The number of amides is 1. The maximum absolute atomic E-state index is 11.4. The highest BCUT2D eigenvalue weighted by Gasteiger charge is 2.20. The van der Waals surface area contributed by atoms with E-state index in [4.69, 9.17) is 14.6 Å². The van der Waals surface area contributed by atoms with Crippen molar-refractivity contribution in [1.82, 2.24) is 5.32 Å². The predicted octanol–water partition coefficient (Wildman–Crippen LogP) is 2.29. The molecular formula is C15H19NO5S. The van der Waals surface area contributed by atoms with Gasteiger partial charge in [0.15, 0.2) is 0 Å². The van der Waals surface area contributed by atoms with Gasteiger partial charge in [-0.3, -0.25) is 0 Å². The zero-order chi connectivity index (χ0) is 16.4. The average Bonchev–Trinajstić information content (AvgIpc) is 2.52. The van der Waals surface area contributed by atoms with Crippen LogP contribution in [0.5, 0.6) is 5.75 Å². The van der Waals surface area contributed by atoms with Crippen LogP contribution in [-0.2, 0) is 15.3 Å². The SMILES string of the molecule is C=CCOC(=O)N[C@@H](CSCc1ccc(OC)cc1)C(=O)O. The summed E-state index contributed by atoms with van der Waals surface area (Å²) >= 11 is 1.41. The van der Waals surface area contributed by atoms with Crippen molar-refractivity contribution >= 4 is 23.8 Å². The number of carbonyl (C=O) groups is 2. The highest BCUT2D eigenvalue weighted by molar-refractivity contribution is 7.98. The van der Waals surface area contributed by atoms with E-state index in [-0.39, 0.29) is 12.4 Å². The maximum atomic E-state index is 11.4. The van der Waals surface area contributed by atoms with E-state index in [1.807, 2.05) is 24.3 Å². The van der Waals surface area contributed by atoms with Crippen molar-refractivity contribution in [3.05, 3.63) is 42.5 Å². The summed E-state index contributed by atoms with van der Waals surface area (Å²) in [7, 11) is 1.60. The van der Waals surface area contributed by atoms with E-state index in [0.29, 0.717) is 5.75 Å². The summed E-state index contributed by atoms with van der Waals surface area (Å²) < 4.78 is 9.77. The number of alkyl carbamates (subject to hydrolysis) is 1. The second-order valence-corrected chi connectivity index (χ2v) is 5.32. The van der Waals surface area contributed by atoms with E-state index >= 15 is 0 Å². The summed E-state index contributed by atoms with van der Waals surface area (Å²) in [5, 5.41) is 11.4. The van der Waals surface area contributed by atoms with Gasteiger partial charge in [-0.05, 0) is 17.7 Å². The molecule has 0 saturated carbocycles. The number of hydrogen-bond acceptors (Lipinski definition) is 5. The smallest absolute Gasteiger partial charge is 0.408 e. The van der Waals surface area contributed by atoms with Gasteiger partial charge in [0, 0.05) is 11.5 Å². The number of methoxy groups -OCH3 is 1. The van der Waals surface area contributed by atoms with Crippen LogP contribution in [0.15, 0.2) is 36.9 Å². The second kappa shape index (κ2) is 9.73. The van der Waals surface area contributed by atoms with Gasteiger partial charge in [0.2, 0.25) is 0 Å². The van der Waals surface area contributed by atoms with Crippen LogP contribution in [0.1, 0.15) is 5.56 Å². The molecule has 1 amide bonds. The van der Waals surface area contributed by atoms with Crippen LogP contribution in [0, 0.1) is 0 Å². The van der Waals surface area contributed by atoms with Crippen molar-refractivity contribution < 1.29 is 24.2 Å². The quantitative estimate of drug-likeness (QED) is 0.678. The van der Waals surface area contributed by atoms with Crippen LogP contribution in [0.2, 0.25) is 0 Å².